The maximum absolute atomic E-state index is 12.6. The van der Waals surface area contributed by atoms with Gasteiger partial charge in [-0.15, -0.1) is 0 Å². The van der Waals surface area contributed by atoms with Crippen molar-refractivity contribution in [2.75, 3.05) is 5.32 Å². The van der Waals surface area contributed by atoms with Crippen molar-refractivity contribution in [2.24, 2.45) is 0 Å². The number of nitro benzene ring substituents is 1. The van der Waals surface area contributed by atoms with Crippen molar-refractivity contribution in [2.45, 2.75) is 31.3 Å². The Morgan fingerprint density at radius 2 is 1.89 bits per heavy atom. The van der Waals surface area contributed by atoms with Crippen molar-refractivity contribution in [3.8, 4) is 0 Å². The molecule has 0 radical (unpaired) electrons. The number of carbonyl (C=O) groups excluding carboxylic acids is 1. The molecule has 0 heterocycles. The fourth-order valence-electron chi connectivity index (χ4n) is 2.75. The molecule has 2 aromatic rings. The average Bonchev–Trinajstić information content (AvgIpc) is 3.45. The molecule has 0 saturated heterocycles. The van der Waals surface area contributed by atoms with Crippen LogP contribution in [-0.4, -0.2) is 27.9 Å². The molecule has 1 unspecified atom stereocenters. The highest BCUT2D eigenvalue weighted by molar-refractivity contribution is 5.96. The smallest absolute Gasteiger partial charge is 0.305 e. The summed E-state index contributed by atoms with van der Waals surface area (Å²) >= 11 is 0. The van der Waals surface area contributed by atoms with Gasteiger partial charge in [-0.3, -0.25) is 19.7 Å². The number of anilines is 1. The molecule has 1 saturated carbocycles. The Morgan fingerprint density at radius 3 is 2.48 bits per heavy atom. The third kappa shape index (κ3) is 4.81. The number of carboxylic acid groups (broad SMARTS) is 1. The Bertz CT molecular complexity index is 865. The van der Waals surface area contributed by atoms with Crippen molar-refractivity contribution in [3.05, 3.63) is 69.8 Å². The van der Waals surface area contributed by atoms with Gasteiger partial charge in [0.2, 0.25) is 0 Å². The van der Waals surface area contributed by atoms with Gasteiger partial charge in [0.05, 0.1) is 17.4 Å². The molecule has 3 rings (SSSR count). The van der Waals surface area contributed by atoms with Crippen LogP contribution in [0.1, 0.15) is 41.2 Å². The number of aliphatic carboxylic acids is 1. The van der Waals surface area contributed by atoms with Crippen LogP contribution in [0.2, 0.25) is 0 Å². The lowest BCUT2D eigenvalue weighted by molar-refractivity contribution is -0.384. The maximum Gasteiger partial charge on any atom is 0.305 e. The van der Waals surface area contributed by atoms with Crippen LogP contribution in [0, 0.1) is 10.1 Å². The molecule has 8 nitrogen and oxygen atoms in total. The Labute approximate surface area is 155 Å². The van der Waals surface area contributed by atoms with Crippen molar-refractivity contribution in [1.29, 1.82) is 0 Å². The van der Waals surface area contributed by atoms with Gasteiger partial charge in [0.15, 0.2) is 0 Å². The summed E-state index contributed by atoms with van der Waals surface area (Å²) in [6.45, 7) is 0. The van der Waals surface area contributed by atoms with Crippen molar-refractivity contribution in [1.82, 2.24) is 5.32 Å². The molecule has 1 atom stereocenters. The van der Waals surface area contributed by atoms with Crippen LogP contribution >= 0.6 is 0 Å². The van der Waals surface area contributed by atoms with Crippen LogP contribution in [-0.2, 0) is 4.79 Å². The van der Waals surface area contributed by atoms with E-state index in [0.717, 1.165) is 12.8 Å². The first-order chi connectivity index (χ1) is 12.9. The fraction of sp³-hybridized carbons (Fsp3) is 0.263. The van der Waals surface area contributed by atoms with Gasteiger partial charge in [-0.25, -0.2) is 0 Å². The number of hydrogen-bond acceptors (Lipinski definition) is 5. The van der Waals surface area contributed by atoms with Crippen LogP contribution in [0.15, 0.2) is 48.5 Å². The zero-order valence-electron chi connectivity index (χ0n) is 14.4. The summed E-state index contributed by atoms with van der Waals surface area (Å²) in [5, 5.41) is 26.2. The average molecular weight is 369 g/mol. The number of benzene rings is 2. The Balaban J connectivity index is 1.81. The lowest BCUT2D eigenvalue weighted by Gasteiger charge is -2.17. The second kappa shape index (κ2) is 7.86. The van der Waals surface area contributed by atoms with E-state index in [0.29, 0.717) is 11.3 Å². The first kappa shape index (κ1) is 18.4. The van der Waals surface area contributed by atoms with Gasteiger partial charge in [0.25, 0.3) is 11.6 Å². The number of nitro groups is 1. The molecule has 0 aliphatic heterocycles. The summed E-state index contributed by atoms with van der Waals surface area (Å²) in [5.74, 6) is -1.62. The number of carbonyl (C=O) groups is 2. The van der Waals surface area contributed by atoms with Gasteiger partial charge in [0.1, 0.15) is 5.69 Å². The molecule has 2 aromatic carbocycles. The third-order valence-electron chi connectivity index (χ3n) is 4.28. The minimum Gasteiger partial charge on any atom is -0.481 e. The Hall–Kier alpha value is -3.42. The lowest BCUT2D eigenvalue weighted by atomic mass is 10.0. The molecular weight excluding hydrogens is 350 g/mol. The van der Waals surface area contributed by atoms with Crippen molar-refractivity contribution < 1.29 is 19.6 Å². The molecule has 0 spiro atoms. The number of hydrogen-bond donors (Lipinski definition) is 3. The molecule has 3 N–H and O–H groups in total. The Kier molecular flexibility index (Phi) is 5.35. The summed E-state index contributed by atoms with van der Waals surface area (Å²) in [4.78, 5) is 34.5. The normalized spacial score (nSPS) is 14.2. The van der Waals surface area contributed by atoms with E-state index in [-0.39, 0.29) is 23.7 Å². The molecule has 140 valence electrons. The van der Waals surface area contributed by atoms with Crippen LogP contribution in [0.5, 0.6) is 0 Å². The molecule has 0 aromatic heterocycles. The van der Waals surface area contributed by atoms with Crippen molar-refractivity contribution >= 4 is 23.3 Å². The highest BCUT2D eigenvalue weighted by Gasteiger charge is 2.26. The summed E-state index contributed by atoms with van der Waals surface area (Å²) in [6, 6.07) is 12.5. The summed E-state index contributed by atoms with van der Waals surface area (Å²) in [6.07, 6.45) is 1.64. The second-order valence-corrected chi connectivity index (χ2v) is 6.44. The summed E-state index contributed by atoms with van der Waals surface area (Å²) in [5.41, 5.74) is 0.956. The molecule has 1 aliphatic rings. The van der Waals surface area contributed by atoms with E-state index < -0.39 is 22.8 Å². The highest BCUT2D eigenvalue weighted by Crippen LogP contribution is 2.31. The molecule has 0 bridgehead atoms. The SMILES string of the molecule is O=C(O)CC(NC(=O)c1ccc(NC2CC2)c([N+](=O)[O-])c1)c1ccccc1. The molecule has 1 fully saturated rings. The van der Waals surface area contributed by atoms with E-state index in [1.807, 2.05) is 0 Å². The van der Waals surface area contributed by atoms with Crippen LogP contribution in [0.25, 0.3) is 0 Å². The number of rotatable bonds is 8. The van der Waals surface area contributed by atoms with Gasteiger partial charge in [0, 0.05) is 17.7 Å². The minimum atomic E-state index is -1.06. The van der Waals surface area contributed by atoms with Crippen molar-refractivity contribution in [3.63, 3.8) is 0 Å². The molecule has 27 heavy (non-hydrogen) atoms. The van der Waals surface area contributed by atoms with Crippen LogP contribution < -0.4 is 10.6 Å². The van der Waals surface area contributed by atoms with Crippen LogP contribution in [0.3, 0.4) is 0 Å². The molecule has 1 aliphatic carbocycles. The first-order valence-electron chi connectivity index (χ1n) is 8.56. The van der Waals surface area contributed by atoms with Gasteiger partial charge in [-0.05, 0) is 30.5 Å². The zero-order chi connectivity index (χ0) is 19.4. The largest absolute Gasteiger partial charge is 0.481 e. The second-order valence-electron chi connectivity index (χ2n) is 6.44. The van der Waals surface area contributed by atoms with Gasteiger partial charge in [-0.1, -0.05) is 30.3 Å². The molecule has 1 amide bonds. The van der Waals surface area contributed by atoms with Gasteiger partial charge >= 0.3 is 5.97 Å². The fourth-order valence-corrected chi connectivity index (χ4v) is 2.75. The number of nitrogens with zero attached hydrogens (tertiary/aromatic N) is 1. The first-order valence-corrected chi connectivity index (χ1v) is 8.56. The number of nitrogens with one attached hydrogen (secondary N) is 2. The summed E-state index contributed by atoms with van der Waals surface area (Å²) in [7, 11) is 0. The highest BCUT2D eigenvalue weighted by atomic mass is 16.6. The number of carboxylic acids is 1. The quantitative estimate of drug-likeness (QED) is 0.485. The topological polar surface area (TPSA) is 122 Å². The van der Waals surface area contributed by atoms with Gasteiger partial charge < -0.3 is 15.7 Å². The van der Waals surface area contributed by atoms with E-state index in [1.54, 1.807) is 30.3 Å². The van der Waals surface area contributed by atoms with E-state index in [9.17, 15) is 19.7 Å². The lowest BCUT2D eigenvalue weighted by Crippen LogP contribution is -2.30. The van der Waals surface area contributed by atoms with E-state index in [4.69, 9.17) is 5.11 Å². The third-order valence-corrected chi connectivity index (χ3v) is 4.28. The van der Waals surface area contributed by atoms with E-state index >= 15 is 0 Å². The minimum absolute atomic E-state index is 0.106. The van der Waals surface area contributed by atoms with Gasteiger partial charge in [-0.2, -0.15) is 0 Å². The standard InChI is InChI=1S/C19H19N3O5/c23-18(24)11-16(12-4-2-1-3-5-12)21-19(25)13-6-9-15(20-14-7-8-14)17(10-13)22(26)27/h1-6,9-10,14,16,20H,7-8,11H2,(H,21,25)(H,23,24). The van der Waals surface area contributed by atoms with Crippen LogP contribution in [0.4, 0.5) is 11.4 Å². The van der Waals surface area contributed by atoms with E-state index in [2.05, 4.69) is 10.6 Å². The van der Waals surface area contributed by atoms with E-state index in [1.165, 1.54) is 18.2 Å². The predicted molar refractivity (Wildman–Crippen MR) is 98.6 cm³/mol. The molecular formula is C19H19N3O5. The molecule has 8 heteroatoms. The maximum atomic E-state index is 12.6. The monoisotopic (exact) mass is 369 g/mol. The summed E-state index contributed by atoms with van der Waals surface area (Å²) < 4.78 is 0. The zero-order valence-corrected chi connectivity index (χ0v) is 14.4. The predicted octanol–water partition coefficient (Wildman–Crippen LogP) is 3.11. The number of amides is 1. The Morgan fingerprint density at radius 1 is 1.19 bits per heavy atom.